The van der Waals surface area contributed by atoms with Crippen molar-refractivity contribution in [2.75, 3.05) is 68.1 Å². The number of H-pyrrole nitrogens is 1. The number of nitrogens with one attached hydrogen (secondary N) is 2. The van der Waals surface area contributed by atoms with Crippen molar-refractivity contribution >= 4 is 34.8 Å². The second-order valence-corrected chi connectivity index (χ2v) is 10.5. The summed E-state index contributed by atoms with van der Waals surface area (Å²) in [5.74, 6) is -0.480. The number of pyridine rings is 1. The van der Waals surface area contributed by atoms with Crippen LogP contribution in [0.3, 0.4) is 0 Å². The number of hydrogen-bond acceptors (Lipinski definition) is 8. The molecule has 0 radical (unpaired) electrons. The second kappa shape index (κ2) is 11.7. The number of carbonyl (C=O) groups is 1. The summed E-state index contributed by atoms with van der Waals surface area (Å²) in [6, 6.07) is 3.86. The summed E-state index contributed by atoms with van der Waals surface area (Å²) < 4.78 is 46.5. The molecule has 0 unspecified atom stereocenters. The first-order chi connectivity index (χ1) is 19.5. The minimum Gasteiger partial charge on any atom is -0.378 e. The minimum absolute atomic E-state index is 0.183. The summed E-state index contributed by atoms with van der Waals surface area (Å²) >= 11 is 6.74. The van der Waals surface area contributed by atoms with Crippen LogP contribution >= 0.6 is 11.6 Å². The predicted octanol–water partition coefficient (Wildman–Crippen LogP) is 3.73. The Morgan fingerprint density at radius 3 is 2.46 bits per heavy atom. The van der Waals surface area contributed by atoms with Crippen LogP contribution in [0.25, 0.3) is 11.1 Å². The Kier molecular flexibility index (Phi) is 8.20. The number of likely N-dealkylation sites (N-methyl/N-ethyl adjacent to an activating group) is 1. The number of benzene rings is 1. The van der Waals surface area contributed by atoms with Crippen molar-refractivity contribution in [2.24, 2.45) is 0 Å². The zero-order chi connectivity index (χ0) is 29.3. The normalized spacial score (nSPS) is 18.4. The van der Waals surface area contributed by atoms with Gasteiger partial charge in [-0.2, -0.15) is 13.2 Å². The third kappa shape index (κ3) is 6.31. The summed E-state index contributed by atoms with van der Waals surface area (Å²) in [5, 5.41) is 3.01. The first kappa shape index (κ1) is 28.8. The molecular formula is C27H29ClF3N7O3. The van der Waals surface area contributed by atoms with Gasteiger partial charge in [0.05, 0.1) is 40.7 Å². The van der Waals surface area contributed by atoms with Crippen molar-refractivity contribution in [3.05, 3.63) is 63.3 Å². The van der Waals surface area contributed by atoms with Gasteiger partial charge in [-0.05, 0) is 26.1 Å². The molecule has 2 aromatic heterocycles. The van der Waals surface area contributed by atoms with Gasteiger partial charge in [-0.3, -0.25) is 9.59 Å². The van der Waals surface area contributed by atoms with Crippen LogP contribution in [0.15, 0.2) is 41.6 Å². The van der Waals surface area contributed by atoms with Gasteiger partial charge in [0.25, 0.3) is 5.91 Å². The van der Waals surface area contributed by atoms with Crippen LogP contribution in [0, 0.1) is 0 Å². The molecule has 2 saturated heterocycles. The number of morpholine rings is 1. The van der Waals surface area contributed by atoms with E-state index in [1.807, 2.05) is 16.8 Å². The summed E-state index contributed by atoms with van der Waals surface area (Å²) in [6.07, 6.45) is -0.897. The molecule has 0 spiro atoms. The first-order valence-corrected chi connectivity index (χ1v) is 13.4. The number of ether oxygens (including phenoxy) is 1. The number of anilines is 3. The first-order valence-electron chi connectivity index (χ1n) is 13.1. The zero-order valence-corrected chi connectivity index (χ0v) is 23.2. The van der Waals surface area contributed by atoms with Gasteiger partial charge in [0, 0.05) is 74.5 Å². The average molecular weight is 592 g/mol. The van der Waals surface area contributed by atoms with Crippen molar-refractivity contribution in [3.63, 3.8) is 0 Å². The van der Waals surface area contributed by atoms with Crippen LogP contribution in [-0.4, -0.2) is 84.8 Å². The van der Waals surface area contributed by atoms with Crippen LogP contribution in [0.1, 0.15) is 22.8 Å². The Morgan fingerprint density at radius 2 is 1.80 bits per heavy atom. The van der Waals surface area contributed by atoms with Crippen molar-refractivity contribution in [2.45, 2.75) is 19.1 Å². The van der Waals surface area contributed by atoms with Gasteiger partial charge in [0.15, 0.2) is 0 Å². The average Bonchev–Trinajstić information content (AvgIpc) is 2.95. The molecule has 2 aliphatic rings. The molecule has 1 atom stereocenters. The zero-order valence-electron chi connectivity index (χ0n) is 22.5. The third-order valence-corrected chi connectivity index (χ3v) is 7.66. The molecule has 3 aromatic rings. The van der Waals surface area contributed by atoms with E-state index in [2.05, 4.69) is 32.1 Å². The highest BCUT2D eigenvalue weighted by molar-refractivity contribution is 6.34. The highest BCUT2D eigenvalue weighted by Gasteiger charge is 2.36. The van der Waals surface area contributed by atoms with Crippen LogP contribution in [0.2, 0.25) is 5.02 Å². The molecule has 41 heavy (non-hydrogen) atoms. The molecule has 2 fully saturated rings. The monoisotopic (exact) mass is 591 g/mol. The van der Waals surface area contributed by atoms with E-state index in [1.165, 1.54) is 0 Å². The van der Waals surface area contributed by atoms with Crippen LogP contribution < -0.4 is 20.7 Å². The Bertz CT molecular complexity index is 1480. The number of nitrogens with zero attached hydrogens (tertiary/aromatic N) is 5. The third-order valence-electron chi connectivity index (χ3n) is 7.35. The SMILES string of the molecule is C[C@@H]1CN(c2cc(Cl)c(-c3cnc(N4CCOCC4)nc3)cc2NC(=O)c2c[nH]c(=O)cc2C(F)(F)F)CCN1C. The summed E-state index contributed by atoms with van der Waals surface area (Å²) in [4.78, 5) is 42.2. The van der Waals surface area contributed by atoms with Crippen LogP contribution in [-0.2, 0) is 10.9 Å². The highest BCUT2D eigenvalue weighted by Crippen LogP contribution is 2.39. The molecular weight excluding hydrogens is 563 g/mol. The second-order valence-electron chi connectivity index (χ2n) is 10.1. The van der Waals surface area contributed by atoms with Gasteiger partial charge >= 0.3 is 6.18 Å². The maximum atomic E-state index is 13.7. The number of aromatic nitrogens is 3. The number of amides is 1. The van der Waals surface area contributed by atoms with Gasteiger partial charge in [-0.25, -0.2) is 9.97 Å². The van der Waals surface area contributed by atoms with E-state index in [-0.39, 0.29) is 11.7 Å². The van der Waals surface area contributed by atoms with Crippen molar-refractivity contribution < 1.29 is 22.7 Å². The maximum Gasteiger partial charge on any atom is 0.417 e. The fourth-order valence-electron chi connectivity index (χ4n) is 4.88. The molecule has 10 nitrogen and oxygen atoms in total. The number of rotatable bonds is 5. The number of carbonyl (C=O) groups excluding carboxylic acids is 1. The van der Waals surface area contributed by atoms with Gasteiger partial charge in [-0.15, -0.1) is 0 Å². The van der Waals surface area contributed by atoms with Crippen LogP contribution in [0.4, 0.5) is 30.5 Å². The quantitative estimate of drug-likeness (QED) is 0.462. The molecule has 0 saturated carbocycles. The van der Waals surface area contributed by atoms with Gasteiger partial charge in [0.2, 0.25) is 11.5 Å². The number of piperazine rings is 1. The standard InChI is InChI=1S/C27H29ClF3N7O3/c1-16-15-38(4-3-36(16)2)23-11-21(28)18(17-12-33-26(34-13-17)37-5-7-41-8-6-37)9-22(23)35-25(40)19-14-32-24(39)10-20(19)27(29,30)31/h9-14,16H,3-8,15H2,1-2H3,(H,32,39)(H,35,40)/t16-/m1/s1. The molecule has 0 aliphatic carbocycles. The molecule has 1 aromatic carbocycles. The summed E-state index contributed by atoms with van der Waals surface area (Å²) in [7, 11) is 2.01. The Balaban J connectivity index is 1.53. The van der Waals surface area contributed by atoms with E-state index in [1.54, 1.807) is 24.5 Å². The fraction of sp³-hybridized carbons (Fsp3) is 0.407. The van der Waals surface area contributed by atoms with Gasteiger partial charge in [-0.1, -0.05) is 11.6 Å². The number of aromatic amines is 1. The van der Waals surface area contributed by atoms with Gasteiger partial charge in [0.1, 0.15) is 0 Å². The lowest BCUT2D eigenvalue weighted by Gasteiger charge is -2.40. The van der Waals surface area contributed by atoms with E-state index >= 15 is 0 Å². The molecule has 1 amide bonds. The van der Waals surface area contributed by atoms with Crippen molar-refractivity contribution in [1.82, 2.24) is 19.9 Å². The van der Waals surface area contributed by atoms with Crippen LogP contribution in [0.5, 0.6) is 0 Å². The topological polar surface area (TPSA) is 107 Å². The van der Waals surface area contributed by atoms with E-state index in [0.29, 0.717) is 73.2 Å². The Morgan fingerprint density at radius 1 is 1.10 bits per heavy atom. The molecule has 218 valence electrons. The fourth-order valence-corrected chi connectivity index (χ4v) is 5.15. The number of hydrogen-bond donors (Lipinski definition) is 2. The lowest BCUT2D eigenvalue weighted by molar-refractivity contribution is -0.138. The molecule has 14 heteroatoms. The largest absolute Gasteiger partial charge is 0.417 e. The van der Waals surface area contributed by atoms with E-state index in [0.717, 1.165) is 12.7 Å². The molecule has 2 aliphatic heterocycles. The number of alkyl halides is 3. The number of halogens is 4. The predicted molar refractivity (Wildman–Crippen MR) is 150 cm³/mol. The maximum absolute atomic E-state index is 13.7. The lowest BCUT2D eigenvalue weighted by Crippen LogP contribution is -2.50. The van der Waals surface area contributed by atoms with E-state index in [9.17, 15) is 22.8 Å². The molecule has 4 heterocycles. The molecule has 2 N–H and O–H groups in total. The van der Waals surface area contributed by atoms with E-state index < -0.39 is 28.8 Å². The minimum atomic E-state index is -4.90. The van der Waals surface area contributed by atoms with E-state index in [4.69, 9.17) is 16.3 Å². The lowest BCUT2D eigenvalue weighted by atomic mass is 10.0. The summed E-state index contributed by atoms with van der Waals surface area (Å²) in [5.41, 5.74) is -1.09. The Hall–Kier alpha value is -3.68. The molecule has 5 rings (SSSR count). The molecule has 0 bridgehead atoms. The van der Waals surface area contributed by atoms with Gasteiger partial charge < -0.3 is 29.7 Å². The van der Waals surface area contributed by atoms with Crippen molar-refractivity contribution in [1.29, 1.82) is 0 Å². The Labute approximate surface area is 239 Å². The summed E-state index contributed by atoms with van der Waals surface area (Å²) in [6.45, 7) is 6.52. The smallest absolute Gasteiger partial charge is 0.378 e. The highest BCUT2D eigenvalue weighted by atomic mass is 35.5. The van der Waals surface area contributed by atoms with Crippen molar-refractivity contribution in [3.8, 4) is 11.1 Å².